The summed E-state index contributed by atoms with van der Waals surface area (Å²) in [6.45, 7) is 2.77. The zero-order chi connectivity index (χ0) is 15.1. The fraction of sp³-hybridized carbons (Fsp3) is 0.294. The van der Waals surface area contributed by atoms with Gasteiger partial charge in [0.25, 0.3) is 0 Å². The average Bonchev–Trinajstić information content (AvgIpc) is 2.52. The molecule has 1 aromatic heterocycles. The molecule has 2 N–H and O–H groups in total. The predicted octanol–water partition coefficient (Wildman–Crippen LogP) is 3.73. The highest BCUT2D eigenvalue weighted by Crippen LogP contribution is 2.12. The molecule has 0 aliphatic rings. The van der Waals surface area contributed by atoms with Gasteiger partial charge >= 0.3 is 5.97 Å². The average molecular weight is 284 g/mol. The van der Waals surface area contributed by atoms with Gasteiger partial charge in [0.1, 0.15) is 0 Å². The molecule has 0 saturated carbocycles. The Balaban J connectivity index is 1.88. The lowest BCUT2D eigenvalue weighted by atomic mass is 10.1. The number of hydrogen-bond donors (Lipinski definition) is 2. The Bertz CT molecular complexity index is 577. The first-order chi connectivity index (χ1) is 10.2. The number of carbonyl (C=O) groups is 1. The molecule has 4 heteroatoms. The van der Waals surface area contributed by atoms with E-state index in [2.05, 4.69) is 41.5 Å². The number of carboxylic acids is 1. The van der Waals surface area contributed by atoms with Crippen molar-refractivity contribution in [3.8, 4) is 0 Å². The van der Waals surface area contributed by atoms with Gasteiger partial charge in [-0.1, -0.05) is 25.5 Å². The number of anilines is 1. The van der Waals surface area contributed by atoms with E-state index in [1.54, 1.807) is 12.1 Å². The summed E-state index contributed by atoms with van der Waals surface area (Å²) in [5.74, 6) is -0.954. The van der Waals surface area contributed by atoms with Crippen molar-refractivity contribution in [3.63, 3.8) is 0 Å². The molecule has 0 fully saturated rings. The van der Waals surface area contributed by atoms with Gasteiger partial charge in [0.2, 0.25) is 0 Å². The maximum atomic E-state index is 10.7. The molecule has 2 rings (SSSR count). The number of aryl methyl sites for hydroxylation is 1. The van der Waals surface area contributed by atoms with E-state index in [1.807, 2.05) is 0 Å². The smallest absolute Gasteiger partial charge is 0.337 e. The van der Waals surface area contributed by atoms with Gasteiger partial charge in [-0.05, 0) is 42.7 Å². The Hall–Kier alpha value is -2.36. The van der Waals surface area contributed by atoms with Gasteiger partial charge in [-0.2, -0.15) is 0 Å². The van der Waals surface area contributed by atoms with Crippen molar-refractivity contribution in [2.24, 2.45) is 0 Å². The van der Waals surface area contributed by atoms with Crippen LogP contribution in [0, 0.1) is 0 Å². The fourth-order valence-electron chi connectivity index (χ4n) is 2.02. The minimum absolute atomic E-state index is 0.207. The first-order valence-electron chi connectivity index (χ1n) is 7.20. The highest BCUT2D eigenvalue weighted by atomic mass is 16.4. The van der Waals surface area contributed by atoms with E-state index < -0.39 is 5.97 Å². The standard InChI is InChI=1S/C17H20N2O2/c1-2-3-4-13-5-8-15(9-6-13)19-12-16-10-7-14(11-18-16)17(20)21/h5-11,19H,2-4,12H2,1H3,(H,20,21). The molecule has 1 aromatic carbocycles. The van der Waals surface area contributed by atoms with E-state index in [4.69, 9.17) is 5.11 Å². The number of aromatic carboxylic acids is 1. The molecule has 0 bridgehead atoms. The molecule has 4 nitrogen and oxygen atoms in total. The second-order valence-corrected chi connectivity index (χ2v) is 5.00. The highest BCUT2D eigenvalue weighted by Gasteiger charge is 2.02. The molecule has 2 aromatic rings. The molecule has 0 radical (unpaired) electrons. The van der Waals surface area contributed by atoms with Crippen LogP contribution in [0.15, 0.2) is 42.6 Å². The second-order valence-electron chi connectivity index (χ2n) is 5.00. The number of benzene rings is 1. The zero-order valence-electron chi connectivity index (χ0n) is 12.2. The number of nitrogens with zero attached hydrogens (tertiary/aromatic N) is 1. The SMILES string of the molecule is CCCCc1ccc(NCc2ccc(C(=O)O)cn2)cc1. The van der Waals surface area contributed by atoms with Crippen LogP contribution in [0.25, 0.3) is 0 Å². The molecular weight excluding hydrogens is 264 g/mol. The van der Waals surface area contributed by atoms with Crippen LogP contribution in [0.5, 0.6) is 0 Å². The van der Waals surface area contributed by atoms with E-state index in [-0.39, 0.29) is 5.56 Å². The van der Waals surface area contributed by atoms with Gasteiger partial charge in [-0.25, -0.2) is 4.79 Å². The van der Waals surface area contributed by atoms with Gasteiger partial charge in [-0.15, -0.1) is 0 Å². The van der Waals surface area contributed by atoms with Gasteiger partial charge < -0.3 is 10.4 Å². The van der Waals surface area contributed by atoms with Crippen LogP contribution in [-0.4, -0.2) is 16.1 Å². The molecule has 21 heavy (non-hydrogen) atoms. The van der Waals surface area contributed by atoms with Crippen molar-refractivity contribution in [2.45, 2.75) is 32.7 Å². The van der Waals surface area contributed by atoms with Crippen LogP contribution in [0.2, 0.25) is 0 Å². The second kappa shape index (κ2) is 7.43. The summed E-state index contributed by atoms with van der Waals surface area (Å²) in [6.07, 6.45) is 4.92. The van der Waals surface area contributed by atoms with Crippen LogP contribution < -0.4 is 5.32 Å². The number of nitrogens with one attached hydrogen (secondary N) is 1. The van der Waals surface area contributed by atoms with Crippen LogP contribution in [-0.2, 0) is 13.0 Å². The van der Waals surface area contributed by atoms with Gasteiger partial charge in [0, 0.05) is 11.9 Å². The van der Waals surface area contributed by atoms with Crippen molar-refractivity contribution in [1.82, 2.24) is 4.98 Å². The first-order valence-corrected chi connectivity index (χ1v) is 7.20. The maximum absolute atomic E-state index is 10.7. The summed E-state index contributed by atoms with van der Waals surface area (Å²) in [7, 11) is 0. The van der Waals surface area contributed by atoms with Crippen molar-refractivity contribution >= 4 is 11.7 Å². The lowest BCUT2D eigenvalue weighted by molar-refractivity contribution is 0.0696. The van der Waals surface area contributed by atoms with E-state index in [0.29, 0.717) is 6.54 Å². The quantitative estimate of drug-likeness (QED) is 0.813. The Labute approximate surface area is 124 Å². The third kappa shape index (κ3) is 4.60. The number of rotatable bonds is 7. The minimum atomic E-state index is -0.954. The summed E-state index contributed by atoms with van der Waals surface area (Å²) in [4.78, 5) is 14.9. The van der Waals surface area contributed by atoms with E-state index in [0.717, 1.165) is 17.8 Å². The van der Waals surface area contributed by atoms with Crippen LogP contribution in [0.3, 0.4) is 0 Å². The maximum Gasteiger partial charge on any atom is 0.337 e. The normalized spacial score (nSPS) is 10.3. The molecule has 110 valence electrons. The Morgan fingerprint density at radius 3 is 2.52 bits per heavy atom. The van der Waals surface area contributed by atoms with E-state index in [1.165, 1.54) is 24.6 Å². The number of hydrogen-bond acceptors (Lipinski definition) is 3. The minimum Gasteiger partial charge on any atom is -0.478 e. The van der Waals surface area contributed by atoms with Crippen LogP contribution >= 0.6 is 0 Å². The molecular formula is C17H20N2O2. The van der Waals surface area contributed by atoms with Gasteiger partial charge in [0.05, 0.1) is 17.8 Å². The van der Waals surface area contributed by atoms with Crippen molar-refractivity contribution in [1.29, 1.82) is 0 Å². The third-order valence-corrected chi connectivity index (χ3v) is 3.32. The van der Waals surface area contributed by atoms with Gasteiger partial charge in [0.15, 0.2) is 0 Å². The summed E-state index contributed by atoms with van der Waals surface area (Å²) in [6, 6.07) is 11.7. The Morgan fingerprint density at radius 1 is 1.19 bits per heavy atom. The molecule has 0 aliphatic carbocycles. The summed E-state index contributed by atoms with van der Waals surface area (Å²) < 4.78 is 0. The largest absolute Gasteiger partial charge is 0.478 e. The summed E-state index contributed by atoms with van der Waals surface area (Å²) in [5, 5.41) is 12.1. The molecule has 0 saturated heterocycles. The van der Waals surface area contributed by atoms with E-state index in [9.17, 15) is 4.79 Å². The topological polar surface area (TPSA) is 62.2 Å². The Morgan fingerprint density at radius 2 is 1.95 bits per heavy atom. The summed E-state index contributed by atoms with van der Waals surface area (Å²) in [5.41, 5.74) is 3.42. The first kappa shape index (κ1) is 15.0. The van der Waals surface area contributed by atoms with Crippen molar-refractivity contribution < 1.29 is 9.90 Å². The fourth-order valence-corrected chi connectivity index (χ4v) is 2.02. The number of unbranched alkanes of at least 4 members (excludes halogenated alkanes) is 1. The molecule has 0 unspecified atom stereocenters. The number of pyridine rings is 1. The zero-order valence-corrected chi connectivity index (χ0v) is 12.2. The number of carboxylic acid groups (broad SMARTS) is 1. The van der Waals surface area contributed by atoms with Crippen LogP contribution in [0.1, 0.15) is 41.4 Å². The third-order valence-electron chi connectivity index (χ3n) is 3.32. The lowest BCUT2D eigenvalue weighted by Gasteiger charge is -2.07. The predicted molar refractivity (Wildman–Crippen MR) is 83.6 cm³/mol. The van der Waals surface area contributed by atoms with Crippen LogP contribution in [0.4, 0.5) is 5.69 Å². The lowest BCUT2D eigenvalue weighted by Crippen LogP contribution is -2.03. The van der Waals surface area contributed by atoms with E-state index >= 15 is 0 Å². The monoisotopic (exact) mass is 284 g/mol. The summed E-state index contributed by atoms with van der Waals surface area (Å²) >= 11 is 0. The number of aromatic nitrogens is 1. The molecule has 0 aliphatic heterocycles. The molecule has 1 heterocycles. The molecule has 0 amide bonds. The van der Waals surface area contributed by atoms with Gasteiger partial charge in [-0.3, -0.25) is 4.98 Å². The van der Waals surface area contributed by atoms with Crippen molar-refractivity contribution in [3.05, 3.63) is 59.4 Å². The van der Waals surface area contributed by atoms with Crippen molar-refractivity contribution in [2.75, 3.05) is 5.32 Å². The highest BCUT2D eigenvalue weighted by molar-refractivity contribution is 5.87. The Kier molecular flexibility index (Phi) is 5.32. The molecule has 0 atom stereocenters. The molecule has 0 spiro atoms.